The lowest BCUT2D eigenvalue weighted by atomic mass is 9.97. The van der Waals surface area contributed by atoms with E-state index in [0.29, 0.717) is 11.1 Å². The van der Waals surface area contributed by atoms with Crippen LogP contribution in [0.15, 0.2) is 42.5 Å². The topological polar surface area (TPSA) is 66.9 Å². The maximum absolute atomic E-state index is 10.9. The quantitative estimate of drug-likeness (QED) is 0.636. The molecule has 0 atom stereocenters. The van der Waals surface area contributed by atoms with Crippen LogP contribution in [-0.2, 0) is 4.79 Å². The van der Waals surface area contributed by atoms with Crippen molar-refractivity contribution in [2.24, 2.45) is 5.73 Å². The lowest BCUT2D eigenvalue weighted by molar-refractivity contribution is 0.563. The molecule has 18 heavy (non-hydrogen) atoms. The number of nitrogen functional groups attached to an aromatic ring is 1. The molecule has 0 fully saturated rings. The van der Waals surface area contributed by atoms with Crippen LogP contribution in [0, 0.1) is 12.3 Å². The van der Waals surface area contributed by atoms with E-state index in [1.807, 2.05) is 37.5 Å². The van der Waals surface area contributed by atoms with Gasteiger partial charge in [-0.1, -0.05) is 48.0 Å². The molecule has 0 saturated heterocycles. The minimum absolute atomic E-state index is 0.0352. The van der Waals surface area contributed by atoms with Crippen molar-refractivity contribution in [1.29, 1.82) is 5.41 Å². The van der Waals surface area contributed by atoms with Gasteiger partial charge in [0.05, 0.1) is 0 Å². The normalized spacial score (nSPS) is 10.1. The van der Waals surface area contributed by atoms with Crippen LogP contribution >= 0.6 is 0 Å². The first-order valence-corrected chi connectivity index (χ1v) is 5.55. The van der Waals surface area contributed by atoms with E-state index in [1.165, 1.54) is 0 Å². The van der Waals surface area contributed by atoms with E-state index < -0.39 is 0 Å². The smallest absolute Gasteiger partial charge is 0.234 e. The van der Waals surface area contributed by atoms with Gasteiger partial charge in [-0.3, -0.25) is 10.2 Å². The van der Waals surface area contributed by atoms with Crippen molar-refractivity contribution in [2.45, 2.75) is 6.92 Å². The molecule has 2 aromatic carbocycles. The van der Waals surface area contributed by atoms with E-state index >= 15 is 0 Å². The predicted octanol–water partition coefficient (Wildman–Crippen LogP) is 2.40. The molecule has 0 amide bonds. The highest BCUT2D eigenvalue weighted by molar-refractivity contribution is 5.96. The van der Waals surface area contributed by atoms with Crippen LogP contribution in [0.2, 0.25) is 0 Å². The molecule has 0 aliphatic rings. The van der Waals surface area contributed by atoms with Crippen molar-refractivity contribution in [3.05, 3.63) is 59.2 Å². The van der Waals surface area contributed by atoms with Gasteiger partial charge in [0.1, 0.15) is 5.84 Å². The minimum Gasteiger partial charge on any atom is -0.384 e. The highest BCUT2D eigenvalue weighted by atomic mass is 16.1. The number of carbonyl (C=O) groups excluding carboxylic acids is 1. The molecule has 0 unspecified atom stereocenters. The van der Waals surface area contributed by atoms with E-state index in [4.69, 9.17) is 11.1 Å². The molecule has 0 heterocycles. The third kappa shape index (κ3) is 2.30. The maximum Gasteiger partial charge on any atom is 0.234 e. The number of nitrogens with one attached hydrogen (secondary N) is 1. The molecule has 0 spiro atoms. The summed E-state index contributed by atoms with van der Waals surface area (Å²) in [5.74, 6) is 0.0352. The van der Waals surface area contributed by atoms with Gasteiger partial charge in [0, 0.05) is 11.1 Å². The molecular formula is C15H13N2O. The molecule has 2 rings (SSSR count). The molecule has 0 aliphatic heterocycles. The summed E-state index contributed by atoms with van der Waals surface area (Å²) in [6, 6.07) is 12.8. The average molecular weight is 237 g/mol. The van der Waals surface area contributed by atoms with Crippen molar-refractivity contribution in [3.8, 4) is 11.1 Å². The van der Waals surface area contributed by atoms with Crippen molar-refractivity contribution in [1.82, 2.24) is 0 Å². The zero-order valence-corrected chi connectivity index (χ0v) is 10.0. The molecule has 3 N–H and O–H groups in total. The lowest BCUT2D eigenvalue weighted by Gasteiger charge is -2.07. The molecule has 0 bridgehead atoms. The summed E-state index contributed by atoms with van der Waals surface area (Å²) in [6.07, 6.45) is 1.94. The lowest BCUT2D eigenvalue weighted by Crippen LogP contribution is -2.10. The number of benzene rings is 2. The predicted molar refractivity (Wildman–Crippen MR) is 72.4 cm³/mol. The van der Waals surface area contributed by atoms with Gasteiger partial charge in [-0.25, -0.2) is 0 Å². The van der Waals surface area contributed by atoms with Crippen molar-refractivity contribution in [2.75, 3.05) is 0 Å². The number of nitrogens with two attached hydrogens (primary N) is 1. The number of rotatable bonds is 3. The van der Waals surface area contributed by atoms with E-state index in [0.717, 1.165) is 16.7 Å². The van der Waals surface area contributed by atoms with Gasteiger partial charge in [0.15, 0.2) is 0 Å². The average Bonchev–Trinajstić information content (AvgIpc) is 2.39. The van der Waals surface area contributed by atoms with Gasteiger partial charge in [0.2, 0.25) is 6.29 Å². The number of hydrogen-bond donors (Lipinski definition) is 2. The second-order valence-electron chi connectivity index (χ2n) is 4.14. The third-order valence-corrected chi connectivity index (χ3v) is 2.79. The third-order valence-electron chi connectivity index (χ3n) is 2.79. The van der Waals surface area contributed by atoms with Crippen molar-refractivity contribution in [3.63, 3.8) is 0 Å². The first kappa shape index (κ1) is 12.0. The Kier molecular flexibility index (Phi) is 3.24. The zero-order chi connectivity index (χ0) is 13.1. The molecule has 2 aromatic rings. The molecule has 3 heteroatoms. The molecule has 1 radical (unpaired) electrons. The Morgan fingerprint density at radius 3 is 2.39 bits per heavy atom. The molecule has 0 saturated carbocycles. The van der Waals surface area contributed by atoms with Crippen LogP contribution in [0.4, 0.5) is 0 Å². The molecule has 89 valence electrons. The second-order valence-corrected chi connectivity index (χ2v) is 4.14. The fraction of sp³-hybridized carbons (Fsp3) is 0.0667. The SMILES string of the molecule is Cc1ccc([C]=O)c(-c2ccc(C(=N)N)cc2)c1. The van der Waals surface area contributed by atoms with Crippen molar-refractivity contribution >= 4 is 12.1 Å². The zero-order valence-electron chi connectivity index (χ0n) is 10.0. The van der Waals surface area contributed by atoms with Gasteiger partial charge in [-0.2, -0.15) is 0 Å². The first-order chi connectivity index (χ1) is 8.61. The Balaban J connectivity index is 2.51. The summed E-state index contributed by atoms with van der Waals surface area (Å²) in [5, 5.41) is 7.34. The van der Waals surface area contributed by atoms with Gasteiger partial charge in [0.25, 0.3) is 0 Å². The fourth-order valence-corrected chi connectivity index (χ4v) is 1.82. The van der Waals surface area contributed by atoms with Crippen LogP contribution in [0.3, 0.4) is 0 Å². The number of hydrogen-bond acceptors (Lipinski definition) is 2. The van der Waals surface area contributed by atoms with Gasteiger partial charge in [-0.05, 0) is 18.1 Å². The Morgan fingerprint density at radius 1 is 1.17 bits per heavy atom. The number of amidine groups is 1. The van der Waals surface area contributed by atoms with Crippen molar-refractivity contribution < 1.29 is 4.79 Å². The molecule has 0 aromatic heterocycles. The molecule has 0 aliphatic carbocycles. The first-order valence-electron chi connectivity index (χ1n) is 5.55. The second kappa shape index (κ2) is 4.84. The summed E-state index contributed by atoms with van der Waals surface area (Å²) < 4.78 is 0. The Bertz CT molecular complexity index is 600. The van der Waals surface area contributed by atoms with E-state index in [2.05, 4.69) is 0 Å². The molecule has 3 nitrogen and oxygen atoms in total. The fourth-order valence-electron chi connectivity index (χ4n) is 1.82. The van der Waals surface area contributed by atoms with E-state index in [1.54, 1.807) is 18.2 Å². The van der Waals surface area contributed by atoms with E-state index in [9.17, 15) is 4.79 Å². The summed E-state index contributed by atoms with van der Waals surface area (Å²) >= 11 is 0. The van der Waals surface area contributed by atoms with E-state index in [-0.39, 0.29) is 5.84 Å². The summed E-state index contributed by atoms with van der Waals surface area (Å²) in [6.45, 7) is 1.97. The van der Waals surface area contributed by atoms with Crippen LogP contribution < -0.4 is 5.73 Å². The van der Waals surface area contributed by atoms with Gasteiger partial charge >= 0.3 is 0 Å². The standard InChI is InChI=1S/C15H13N2O/c1-10-2-3-13(9-18)14(8-10)11-4-6-12(7-5-11)15(16)17/h2-8H,1H3,(H3,16,17). The maximum atomic E-state index is 10.9. The number of aryl methyl sites for hydroxylation is 1. The Labute approximate surface area is 106 Å². The summed E-state index contributed by atoms with van der Waals surface area (Å²) in [5.41, 5.74) is 9.46. The minimum atomic E-state index is 0.0352. The van der Waals surface area contributed by atoms with Crippen LogP contribution in [0.1, 0.15) is 16.7 Å². The largest absolute Gasteiger partial charge is 0.384 e. The highest BCUT2D eigenvalue weighted by Crippen LogP contribution is 2.24. The molecular weight excluding hydrogens is 224 g/mol. The van der Waals surface area contributed by atoms with Crippen LogP contribution in [0.25, 0.3) is 11.1 Å². The van der Waals surface area contributed by atoms with Crippen LogP contribution in [0.5, 0.6) is 0 Å². The Hall–Kier alpha value is -2.42. The Morgan fingerprint density at radius 2 is 1.83 bits per heavy atom. The highest BCUT2D eigenvalue weighted by Gasteiger charge is 2.06. The monoisotopic (exact) mass is 237 g/mol. The van der Waals surface area contributed by atoms with Gasteiger partial charge < -0.3 is 5.73 Å². The summed E-state index contributed by atoms with van der Waals surface area (Å²) in [4.78, 5) is 10.9. The van der Waals surface area contributed by atoms with Crippen LogP contribution in [-0.4, -0.2) is 12.1 Å². The van der Waals surface area contributed by atoms with Gasteiger partial charge in [-0.15, -0.1) is 0 Å². The summed E-state index contributed by atoms with van der Waals surface area (Å²) in [7, 11) is 0.